The van der Waals surface area contributed by atoms with Gasteiger partial charge in [0.2, 0.25) is 0 Å². The summed E-state index contributed by atoms with van der Waals surface area (Å²) in [4.78, 5) is 14.0. The first-order valence-corrected chi connectivity index (χ1v) is 8.14. The molecule has 0 aliphatic rings. The number of anilines is 1. The number of hydrazone groups is 1. The largest absolute Gasteiger partial charge is 0.490 e. The summed E-state index contributed by atoms with van der Waals surface area (Å²) in [7, 11) is 0. The number of nitrogens with one attached hydrogen (secondary N) is 1. The maximum Gasteiger partial charge on any atom is 0.287 e. The number of rotatable bonds is 7. The summed E-state index contributed by atoms with van der Waals surface area (Å²) >= 11 is 3.48. The Morgan fingerprint density at radius 1 is 1.46 bits per heavy atom. The van der Waals surface area contributed by atoms with E-state index in [0.29, 0.717) is 5.82 Å². The minimum absolute atomic E-state index is 0.0645. The number of benzene rings is 1. The Morgan fingerprint density at radius 3 is 2.83 bits per heavy atom. The summed E-state index contributed by atoms with van der Waals surface area (Å²) < 4.78 is 6.63. The normalized spacial score (nSPS) is 12.1. The van der Waals surface area contributed by atoms with E-state index in [4.69, 9.17) is 4.74 Å². The van der Waals surface area contributed by atoms with E-state index in [1.54, 1.807) is 6.21 Å². The zero-order valence-electron chi connectivity index (χ0n) is 13.3. The van der Waals surface area contributed by atoms with Crippen LogP contribution in [0.1, 0.15) is 25.8 Å². The summed E-state index contributed by atoms with van der Waals surface area (Å²) in [5.41, 5.74) is 3.53. The lowest BCUT2D eigenvalue weighted by atomic mass is 10.2. The van der Waals surface area contributed by atoms with Crippen LogP contribution in [0.4, 0.5) is 11.5 Å². The van der Waals surface area contributed by atoms with Gasteiger partial charge in [0.25, 0.3) is 5.69 Å². The van der Waals surface area contributed by atoms with Crippen molar-refractivity contribution >= 4 is 33.6 Å². The molecule has 1 heterocycles. The molecule has 8 heteroatoms. The smallest absolute Gasteiger partial charge is 0.287 e. The molecule has 24 heavy (non-hydrogen) atoms. The van der Waals surface area contributed by atoms with Gasteiger partial charge in [0.1, 0.15) is 17.8 Å². The van der Waals surface area contributed by atoms with E-state index in [-0.39, 0.29) is 11.8 Å². The first-order chi connectivity index (χ1) is 11.5. The van der Waals surface area contributed by atoms with Crippen molar-refractivity contribution in [2.24, 2.45) is 5.10 Å². The molecular weight excluding hydrogens is 376 g/mol. The lowest BCUT2D eigenvalue weighted by Gasteiger charge is -2.14. The van der Waals surface area contributed by atoms with Gasteiger partial charge >= 0.3 is 0 Å². The molecule has 0 radical (unpaired) electrons. The minimum Gasteiger partial charge on any atom is -0.490 e. The highest BCUT2D eigenvalue weighted by molar-refractivity contribution is 9.10. The molecule has 1 aromatic carbocycles. The topological polar surface area (TPSA) is 89.6 Å². The fourth-order valence-electron chi connectivity index (χ4n) is 1.73. The summed E-state index contributed by atoms with van der Waals surface area (Å²) in [6.45, 7) is 4.08. The lowest BCUT2D eigenvalue weighted by Crippen LogP contribution is -2.10. The van der Waals surface area contributed by atoms with Crippen molar-refractivity contribution in [1.82, 2.24) is 4.98 Å². The van der Waals surface area contributed by atoms with E-state index in [9.17, 15) is 10.1 Å². The molecular formula is C16H17BrN4O3. The van der Waals surface area contributed by atoms with Gasteiger partial charge in [-0.25, -0.2) is 4.98 Å². The van der Waals surface area contributed by atoms with Crippen LogP contribution in [0.2, 0.25) is 0 Å². The van der Waals surface area contributed by atoms with Crippen molar-refractivity contribution in [2.75, 3.05) is 5.43 Å². The van der Waals surface area contributed by atoms with Crippen LogP contribution in [0.25, 0.3) is 0 Å². The second-order valence-electron chi connectivity index (χ2n) is 5.06. The Kier molecular flexibility index (Phi) is 6.25. The van der Waals surface area contributed by atoms with Crippen LogP contribution in [0.15, 0.2) is 46.1 Å². The zero-order valence-corrected chi connectivity index (χ0v) is 14.9. The molecule has 0 aliphatic heterocycles. The molecule has 0 amide bonds. The molecule has 1 N–H and O–H groups in total. The molecule has 1 atom stereocenters. The van der Waals surface area contributed by atoms with Gasteiger partial charge in [0.15, 0.2) is 0 Å². The molecule has 1 aromatic heterocycles. The predicted octanol–water partition coefficient (Wildman–Crippen LogP) is 4.38. The fourth-order valence-corrected chi connectivity index (χ4v) is 2.22. The van der Waals surface area contributed by atoms with Crippen LogP contribution in [0, 0.1) is 10.1 Å². The van der Waals surface area contributed by atoms with E-state index < -0.39 is 4.92 Å². The van der Waals surface area contributed by atoms with Crippen molar-refractivity contribution in [2.45, 2.75) is 26.4 Å². The molecule has 1 unspecified atom stereocenters. The summed E-state index contributed by atoms with van der Waals surface area (Å²) in [6, 6.07) is 8.52. The second-order valence-corrected chi connectivity index (χ2v) is 5.91. The number of ether oxygens (including phenoxy) is 1. The molecule has 0 fully saturated rings. The number of halogens is 1. The maximum absolute atomic E-state index is 10.6. The van der Waals surface area contributed by atoms with E-state index in [2.05, 4.69) is 38.4 Å². The number of nitrogens with zero attached hydrogens (tertiary/aromatic N) is 3. The van der Waals surface area contributed by atoms with Crippen LogP contribution in [-0.4, -0.2) is 22.2 Å². The van der Waals surface area contributed by atoms with Gasteiger partial charge in [0.05, 0.1) is 21.7 Å². The minimum atomic E-state index is -0.499. The molecule has 0 spiro atoms. The van der Waals surface area contributed by atoms with E-state index in [1.165, 1.54) is 18.3 Å². The number of pyridine rings is 1. The first-order valence-electron chi connectivity index (χ1n) is 7.35. The third kappa shape index (κ3) is 5.02. The molecule has 0 saturated carbocycles. The lowest BCUT2D eigenvalue weighted by molar-refractivity contribution is -0.385. The van der Waals surface area contributed by atoms with Crippen molar-refractivity contribution in [3.63, 3.8) is 0 Å². The fraction of sp³-hybridized carbons (Fsp3) is 0.250. The van der Waals surface area contributed by atoms with Crippen LogP contribution >= 0.6 is 15.9 Å². The molecule has 0 saturated heterocycles. The monoisotopic (exact) mass is 392 g/mol. The number of nitro groups is 1. The first kappa shape index (κ1) is 17.9. The quantitative estimate of drug-likeness (QED) is 0.429. The van der Waals surface area contributed by atoms with Gasteiger partial charge in [-0.3, -0.25) is 15.5 Å². The molecule has 0 bridgehead atoms. The van der Waals surface area contributed by atoms with E-state index >= 15 is 0 Å². The van der Waals surface area contributed by atoms with Gasteiger partial charge in [-0.2, -0.15) is 5.10 Å². The molecule has 2 rings (SSSR count). The second kappa shape index (κ2) is 8.39. The van der Waals surface area contributed by atoms with Gasteiger partial charge in [-0.15, -0.1) is 0 Å². The van der Waals surface area contributed by atoms with Crippen molar-refractivity contribution in [3.05, 3.63) is 56.7 Å². The number of hydrogen-bond acceptors (Lipinski definition) is 6. The van der Waals surface area contributed by atoms with Crippen LogP contribution in [0.5, 0.6) is 5.75 Å². The average Bonchev–Trinajstić information content (AvgIpc) is 2.57. The maximum atomic E-state index is 10.6. The van der Waals surface area contributed by atoms with E-state index in [0.717, 1.165) is 22.2 Å². The van der Waals surface area contributed by atoms with Gasteiger partial charge in [0, 0.05) is 6.07 Å². The average molecular weight is 393 g/mol. The Labute approximate surface area is 148 Å². The Hall–Kier alpha value is -2.48. The van der Waals surface area contributed by atoms with Crippen molar-refractivity contribution in [3.8, 4) is 5.75 Å². The SMILES string of the molecule is CCC(C)Oc1ccc(/C=N\Nc2ccc([N+](=O)[O-])cn2)cc1Br. The predicted molar refractivity (Wildman–Crippen MR) is 96.6 cm³/mol. The molecule has 0 aliphatic carbocycles. The molecule has 2 aromatic rings. The summed E-state index contributed by atoms with van der Waals surface area (Å²) in [6.07, 6.45) is 3.88. The summed E-state index contributed by atoms with van der Waals surface area (Å²) in [5, 5.41) is 14.6. The Morgan fingerprint density at radius 2 is 2.25 bits per heavy atom. The van der Waals surface area contributed by atoms with Gasteiger partial charge < -0.3 is 4.74 Å². The zero-order chi connectivity index (χ0) is 17.5. The van der Waals surface area contributed by atoms with Gasteiger partial charge in [-0.1, -0.05) is 6.92 Å². The molecule has 126 valence electrons. The highest BCUT2D eigenvalue weighted by Crippen LogP contribution is 2.26. The standard InChI is InChI=1S/C16H17BrN4O3/c1-3-11(2)24-15-6-4-12(8-14(15)17)9-19-20-16-7-5-13(10-18-16)21(22)23/h4-11H,3H2,1-2H3,(H,18,20)/b19-9-. The summed E-state index contributed by atoms with van der Waals surface area (Å²) in [5.74, 6) is 1.21. The van der Waals surface area contributed by atoms with Crippen LogP contribution in [-0.2, 0) is 0 Å². The Bertz CT molecular complexity index is 735. The highest BCUT2D eigenvalue weighted by atomic mass is 79.9. The Balaban J connectivity index is 1.99. The van der Waals surface area contributed by atoms with Crippen LogP contribution in [0.3, 0.4) is 0 Å². The van der Waals surface area contributed by atoms with E-state index in [1.807, 2.05) is 25.1 Å². The number of hydrogen-bond donors (Lipinski definition) is 1. The van der Waals surface area contributed by atoms with Crippen molar-refractivity contribution in [1.29, 1.82) is 0 Å². The van der Waals surface area contributed by atoms with Crippen molar-refractivity contribution < 1.29 is 9.66 Å². The number of aromatic nitrogens is 1. The molecule has 7 nitrogen and oxygen atoms in total. The third-order valence-corrected chi connectivity index (χ3v) is 3.83. The third-order valence-electron chi connectivity index (χ3n) is 3.21. The van der Waals surface area contributed by atoms with Gasteiger partial charge in [-0.05, 0) is 59.1 Å². The van der Waals surface area contributed by atoms with Crippen LogP contribution < -0.4 is 10.2 Å². The highest BCUT2D eigenvalue weighted by Gasteiger charge is 2.06.